The number of nitrogens with zero attached hydrogens (tertiary/aromatic N) is 3. The van der Waals surface area contributed by atoms with Crippen LogP contribution < -0.4 is 10.2 Å². The molecule has 8 heteroatoms. The van der Waals surface area contributed by atoms with Crippen LogP contribution in [0, 0.1) is 0 Å². The van der Waals surface area contributed by atoms with Crippen LogP contribution in [0.15, 0.2) is 34.7 Å². The minimum atomic E-state index is -0.580. The maximum atomic E-state index is 11.1. The minimum absolute atomic E-state index is 0.268. The van der Waals surface area contributed by atoms with Crippen molar-refractivity contribution >= 4 is 23.3 Å². The highest BCUT2D eigenvalue weighted by Gasteiger charge is 2.02. The molecule has 0 radical (unpaired) electrons. The third kappa shape index (κ3) is 4.81. The Balaban J connectivity index is 1.84. The van der Waals surface area contributed by atoms with Gasteiger partial charge < -0.3 is 9.47 Å². The SMILES string of the molecule is CCOC(=O)N/N=C(/C)COc1ccc(-c2csnn2)cc1. The van der Waals surface area contributed by atoms with Crippen molar-refractivity contribution in [3.63, 3.8) is 0 Å². The largest absolute Gasteiger partial charge is 0.488 e. The van der Waals surface area contributed by atoms with Gasteiger partial charge in [0.2, 0.25) is 0 Å². The van der Waals surface area contributed by atoms with Crippen molar-refractivity contribution < 1.29 is 14.3 Å². The first kappa shape index (κ1) is 15.9. The Morgan fingerprint density at radius 3 is 2.77 bits per heavy atom. The summed E-state index contributed by atoms with van der Waals surface area (Å²) < 4.78 is 14.1. The van der Waals surface area contributed by atoms with Gasteiger partial charge in [0, 0.05) is 10.9 Å². The Kier molecular flexibility index (Phi) is 5.84. The molecule has 0 saturated carbocycles. The van der Waals surface area contributed by atoms with Crippen LogP contribution in [0.3, 0.4) is 0 Å². The quantitative estimate of drug-likeness (QED) is 0.653. The van der Waals surface area contributed by atoms with E-state index in [1.54, 1.807) is 13.8 Å². The van der Waals surface area contributed by atoms with Crippen LogP contribution in [-0.4, -0.2) is 34.6 Å². The Labute approximate surface area is 132 Å². The van der Waals surface area contributed by atoms with Gasteiger partial charge in [0.15, 0.2) is 0 Å². The maximum Gasteiger partial charge on any atom is 0.427 e. The van der Waals surface area contributed by atoms with Gasteiger partial charge in [-0.25, -0.2) is 10.2 Å². The lowest BCUT2D eigenvalue weighted by Gasteiger charge is -2.07. The number of nitrogens with one attached hydrogen (secondary N) is 1. The number of rotatable bonds is 6. The van der Waals surface area contributed by atoms with Gasteiger partial charge in [-0.3, -0.25) is 0 Å². The van der Waals surface area contributed by atoms with Crippen LogP contribution in [0.4, 0.5) is 4.79 Å². The molecule has 1 N–H and O–H groups in total. The molecule has 7 nitrogen and oxygen atoms in total. The van der Waals surface area contributed by atoms with Crippen LogP contribution in [0.25, 0.3) is 11.3 Å². The number of carbonyl (C=O) groups excluding carboxylic acids is 1. The molecule has 0 bridgehead atoms. The molecule has 2 aromatic rings. The zero-order valence-electron chi connectivity index (χ0n) is 12.3. The second kappa shape index (κ2) is 8.08. The first-order valence-corrected chi connectivity index (χ1v) is 7.49. The molecule has 0 saturated heterocycles. The van der Waals surface area contributed by atoms with Gasteiger partial charge in [0.05, 0.1) is 12.3 Å². The molecular formula is C14H16N4O3S. The second-order valence-electron chi connectivity index (χ2n) is 4.28. The smallest absolute Gasteiger partial charge is 0.427 e. The summed E-state index contributed by atoms with van der Waals surface area (Å²) in [5, 5.41) is 9.75. The fourth-order valence-corrected chi connectivity index (χ4v) is 2.00. The lowest BCUT2D eigenvalue weighted by molar-refractivity contribution is 0.152. The topological polar surface area (TPSA) is 85.7 Å². The third-order valence-electron chi connectivity index (χ3n) is 2.57. The summed E-state index contributed by atoms with van der Waals surface area (Å²) in [5.41, 5.74) is 4.73. The van der Waals surface area contributed by atoms with Crippen LogP contribution in [0.1, 0.15) is 13.8 Å². The van der Waals surface area contributed by atoms with Crippen LogP contribution in [-0.2, 0) is 4.74 Å². The number of hydrazone groups is 1. The Morgan fingerprint density at radius 1 is 1.36 bits per heavy atom. The molecule has 1 aromatic carbocycles. The minimum Gasteiger partial charge on any atom is -0.488 e. The maximum absolute atomic E-state index is 11.1. The summed E-state index contributed by atoms with van der Waals surface area (Å²) in [5.74, 6) is 0.706. The molecule has 2 rings (SSSR count). The van der Waals surface area contributed by atoms with E-state index in [1.165, 1.54) is 11.5 Å². The van der Waals surface area contributed by atoms with Crippen molar-refractivity contribution in [3.05, 3.63) is 29.6 Å². The number of hydrogen-bond donors (Lipinski definition) is 1. The lowest BCUT2D eigenvalue weighted by Crippen LogP contribution is -2.21. The molecule has 0 aliphatic rings. The van der Waals surface area contributed by atoms with Crippen molar-refractivity contribution in [2.24, 2.45) is 5.10 Å². The molecular weight excluding hydrogens is 304 g/mol. The fourth-order valence-electron chi connectivity index (χ4n) is 1.54. The average Bonchev–Trinajstić information content (AvgIpc) is 3.06. The number of hydrogen-bond acceptors (Lipinski definition) is 7. The molecule has 0 fully saturated rings. The van der Waals surface area contributed by atoms with Gasteiger partial charge in [-0.2, -0.15) is 5.10 Å². The highest BCUT2D eigenvalue weighted by atomic mass is 32.1. The monoisotopic (exact) mass is 320 g/mol. The summed E-state index contributed by atoms with van der Waals surface area (Å²) in [6.07, 6.45) is -0.580. The zero-order chi connectivity index (χ0) is 15.8. The van der Waals surface area contributed by atoms with Crippen molar-refractivity contribution in [2.75, 3.05) is 13.2 Å². The van der Waals surface area contributed by atoms with E-state index in [2.05, 4.69) is 20.1 Å². The van der Waals surface area contributed by atoms with E-state index in [0.717, 1.165) is 11.3 Å². The molecule has 0 spiro atoms. The molecule has 1 aromatic heterocycles. The van der Waals surface area contributed by atoms with Gasteiger partial charge in [-0.1, -0.05) is 4.49 Å². The normalized spacial score (nSPS) is 11.1. The van der Waals surface area contributed by atoms with E-state index < -0.39 is 6.09 Å². The summed E-state index contributed by atoms with van der Waals surface area (Å²) in [6, 6.07) is 7.52. The molecule has 116 valence electrons. The van der Waals surface area contributed by atoms with E-state index in [0.29, 0.717) is 18.1 Å². The Hall–Kier alpha value is -2.48. The summed E-state index contributed by atoms with van der Waals surface area (Å²) in [4.78, 5) is 11.1. The van der Waals surface area contributed by atoms with E-state index in [1.807, 2.05) is 29.6 Å². The van der Waals surface area contributed by atoms with Gasteiger partial charge >= 0.3 is 6.09 Å². The molecule has 1 heterocycles. The predicted molar refractivity (Wildman–Crippen MR) is 84.1 cm³/mol. The number of ether oxygens (including phenoxy) is 2. The van der Waals surface area contributed by atoms with Crippen LogP contribution >= 0.6 is 11.5 Å². The van der Waals surface area contributed by atoms with Gasteiger partial charge in [-0.05, 0) is 49.6 Å². The van der Waals surface area contributed by atoms with Crippen molar-refractivity contribution in [2.45, 2.75) is 13.8 Å². The van der Waals surface area contributed by atoms with E-state index in [4.69, 9.17) is 9.47 Å². The van der Waals surface area contributed by atoms with Crippen molar-refractivity contribution in [1.29, 1.82) is 0 Å². The summed E-state index contributed by atoms with van der Waals surface area (Å²) >= 11 is 1.31. The van der Waals surface area contributed by atoms with E-state index in [-0.39, 0.29) is 6.61 Å². The van der Waals surface area contributed by atoms with Gasteiger partial charge in [0.25, 0.3) is 0 Å². The highest BCUT2D eigenvalue weighted by molar-refractivity contribution is 7.03. The van der Waals surface area contributed by atoms with Crippen LogP contribution in [0.5, 0.6) is 5.75 Å². The fraction of sp³-hybridized carbons (Fsp3) is 0.286. The number of amides is 1. The number of aromatic nitrogens is 2. The van der Waals surface area contributed by atoms with E-state index >= 15 is 0 Å². The molecule has 22 heavy (non-hydrogen) atoms. The molecule has 0 aliphatic carbocycles. The molecule has 1 amide bonds. The van der Waals surface area contributed by atoms with E-state index in [9.17, 15) is 4.79 Å². The zero-order valence-corrected chi connectivity index (χ0v) is 13.1. The first-order chi connectivity index (χ1) is 10.7. The molecule has 0 aliphatic heterocycles. The second-order valence-corrected chi connectivity index (χ2v) is 4.89. The lowest BCUT2D eigenvalue weighted by atomic mass is 10.2. The Bertz CT molecular complexity index is 626. The van der Waals surface area contributed by atoms with Gasteiger partial charge in [-0.15, -0.1) is 5.10 Å². The first-order valence-electron chi connectivity index (χ1n) is 6.65. The number of benzene rings is 1. The van der Waals surface area contributed by atoms with Crippen LogP contribution in [0.2, 0.25) is 0 Å². The highest BCUT2D eigenvalue weighted by Crippen LogP contribution is 2.21. The number of carbonyl (C=O) groups is 1. The standard InChI is InChI=1S/C14H16N4O3S/c1-3-20-14(19)17-15-10(2)8-21-12-6-4-11(5-7-12)13-9-22-18-16-13/h4-7,9H,3,8H2,1-2H3,(H,17,19)/b15-10-. The average molecular weight is 320 g/mol. The summed E-state index contributed by atoms with van der Waals surface area (Å²) in [7, 11) is 0. The van der Waals surface area contributed by atoms with Crippen molar-refractivity contribution in [3.8, 4) is 17.0 Å². The summed E-state index contributed by atoms with van der Waals surface area (Å²) in [6.45, 7) is 4.05. The third-order valence-corrected chi connectivity index (χ3v) is 3.08. The molecule has 0 atom stereocenters. The Morgan fingerprint density at radius 2 is 2.14 bits per heavy atom. The molecule has 0 unspecified atom stereocenters. The predicted octanol–water partition coefficient (Wildman–Crippen LogP) is 2.71. The van der Waals surface area contributed by atoms with Crippen molar-refractivity contribution in [1.82, 2.24) is 15.0 Å². The van der Waals surface area contributed by atoms with Gasteiger partial charge in [0.1, 0.15) is 18.1 Å².